The molecule has 1 nitrogen and oxygen atoms in total. The van der Waals surface area contributed by atoms with Crippen molar-refractivity contribution in [2.45, 2.75) is 52.9 Å². The number of aryl methyl sites for hydroxylation is 1. The Balaban J connectivity index is 1.80. The summed E-state index contributed by atoms with van der Waals surface area (Å²) in [7, 11) is 0. The summed E-state index contributed by atoms with van der Waals surface area (Å²) in [5.41, 5.74) is 4.58. The van der Waals surface area contributed by atoms with Crippen molar-refractivity contribution in [1.29, 1.82) is 0 Å². The second-order valence-electron chi connectivity index (χ2n) is 8.58. The van der Waals surface area contributed by atoms with E-state index >= 15 is 0 Å². The van der Waals surface area contributed by atoms with Crippen LogP contribution in [-0.4, -0.2) is 5.78 Å². The van der Waals surface area contributed by atoms with Crippen LogP contribution in [0, 0.1) is 29.6 Å². The normalized spacial score (nSPS) is 38.8. The molecule has 0 radical (unpaired) electrons. The van der Waals surface area contributed by atoms with Crippen LogP contribution in [0.15, 0.2) is 35.9 Å². The van der Waals surface area contributed by atoms with Gasteiger partial charge in [-0.1, -0.05) is 68.7 Å². The number of fused-ring (bicyclic) bond motifs is 4. The molecule has 0 spiro atoms. The Kier molecular flexibility index (Phi) is 2.81. The van der Waals surface area contributed by atoms with Crippen molar-refractivity contribution in [1.82, 2.24) is 0 Å². The van der Waals surface area contributed by atoms with Crippen LogP contribution in [0.25, 0.3) is 0 Å². The summed E-state index contributed by atoms with van der Waals surface area (Å²) in [5, 5.41) is 0. The van der Waals surface area contributed by atoms with Gasteiger partial charge in [-0.2, -0.15) is 0 Å². The summed E-state index contributed by atoms with van der Waals surface area (Å²) in [6.45, 7) is 9.22. The van der Waals surface area contributed by atoms with Crippen LogP contribution in [0.5, 0.6) is 0 Å². The number of Topliss-reactive ketones (excluding diaryl/α,β-unsaturated/α-hetero) is 1. The van der Waals surface area contributed by atoms with Crippen LogP contribution >= 0.6 is 0 Å². The molecule has 116 valence electrons. The van der Waals surface area contributed by atoms with Gasteiger partial charge in [-0.15, -0.1) is 0 Å². The first-order chi connectivity index (χ1) is 10.3. The number of rotatable bonds is 1. The smallest absolute Gasteiger partial charge is 0.144 e. The Bertz CT molecular complexity index is 664. The molecule has 1 aromatic carbocycles. The Labute approximate surface area is 133 Å². The van der Waals surface area contributed by atoms with Gasteiger partial charge in [0.15, 0.2) is 0 Å². The highest BCUT2D eigenvalue weighted by Crippen LogP contribution is 2.67. The highest BCUT2D eigenvalue weighted by Gasteiger charge is 2.63. The van der Waals surface area contributed by atoms with Gasteiger partial charge in [-0.05, 0) is 36.2 Å². The number of carbonyl (C=O) groups is 1. The first kappa shape index (κ1) is 14.2. The van der Waals surface area contributed by atoms with Crippen LogP contribution in [0.1, 0.15) is 57.1 Å². The third-order valence-corrected chi connectivity index (χ3v) is 6.72. The summed E-state index contributed by atoms with van der Waals surface area (Å²) in [6, 6.07) is 8.85. The molecule has 0 N–H and O–H groups in total. The Hall–Kier alpha value is -1.37. The average molecular weight is 294 g/mol. The summed E-state index contributed by atoms with van der Waals surface area (Å²) in [5.74, 6) is 1.25. The standard InChI is InChI=1S/C21H26O/c1-13-6-8-14(9-7-13)17-15-12-16-20(2,3)10-5-11-21(16,4)18(17)19(15)22/h6-9,12,15,17-18H,5,10-11H2,1-4H3/t15-,17-,18+,21-/m0/s1. The lowest BCUT2D eigenvalue weighted by Crippen LogP contribution is -2.59. The molecule has 2 bridgehead atoms. The largest absolute Gasteiger partial charge is 0.299 e. The Morgan fingerprint density at radius 3 is 2.41 bits per heavy atom. The van der Waals surface area contributed by atoms with Crippen molar-refractivity contribution in [3.8, 4) is 0 Å². The minimum Gasteiger partial charge on any atom is -0.299 e. The second kappa shape index (κ2) is 4.34. The molecule has 0 heterocycles. The summed E-state index contributed by atoms with van der Waals surface area (Å²) < 4.78 is 0. The van der Waals surface area contributed by atoms with Gasteiger partial charge in [-0.25, -0.2) is 0 Å². The van der Waals surface area contributed by atoms with Crippen molar-refractivity contribution in [2.75, 3.05) is 0 Å². The molecule has 0 unspecified atom stereocenters. The zero-order chi connectivity index (χ0) is 15.7. The second-order valence-corrected chi connectivity index (χ2v) is 8.58. The van der Waals surface area contributed by atoms with Crippen LogP contribution < -0.4 is 0 Å². The summed E-state index contributed by atoms with van der Waals surface area (Å²) in [4.78, 5) is 12.7. The molecule has 2 saturated carbocycles. The van der Waals surface area contributed by atoms with Crippen molar-refractivity contribution in [3.05, 3.63) is 47.0 Å². The predicted octanol–water partition coefficient (Wildman–Crippen LogP) is 5.05. The fourth-order valence-electron chi connectivity index (χ4n) is 5.59. The number of hydrogen-bond acceptors (Lipinski definition) is 1. The van der Waals surface area contributed by atoms with Crippen LogP contribution in [0.4, 0.5) is 0 Å². The SMILES string of the molecule is Cc1ccc([C@H]2[C@@H]3C=C4C(C)(C)CCC[C@]4(C)[C@H]2C3=O)cc1. The lowest BCUT2D eigenvalue weighted by Gasteiger charge is -2.61. The third kappa shape index (κ3) is 1.68. The van der Waals surface area contributed by atoms with Gasteiger partial charge < -0.3 is 0 Å². The van der Waals surface area contributed by atoms with Crippen molar-refractivity contribution >= 4 is 5.78 Å². The van der Waals surface area contributed by atoms with Gasteiger partial charge in [0, 0.05) is 17.8 Å². The highest BCUT2D eigenvalue weighted by molar-refractivity contribution is 5.96. The minimum absolute atomic E-state index is 0.0864. The first-order valence-corrected chi connectivity index (χ1v) is 8.68. The molecule has 0 aliphatic heterocycles. The van der Waals surface area contributed by atoms with E-state index in [9.17, 15) is 4.79 Å². The number of carbonyl (C=O) groups excluding carboxylic acids is 1. The van der Waals surface area contributed by atoms with E-state index in [1.54, 1.807) is 5.57 Å². The van der Waals surface area contributed by atoms with E-state index in [0.29, 0.717) is 11.7 Å². The van der Waals surface area contributed by atoms with Gasteiger partial charge in [0.05, 0.1) is 0 Å². The molecular formula is C21H26O. The van der Waals surface area contributed by atoms with Gasteiger partial charge >= 0.3 is 0 Å². The van der Waals surface area contributed by atoms with E-state index in [4.69, 9.17) is 0 Å². The van der Waals surface area contributed by atoms with Crippen LogP contribution in [0.3, 0.4) is 0 Å². The minimum atomic E-state index is 0.0864. The molecule has 2 fully saturated rings. The van der Waals surface area contributed by atoms with E-state index in [1.807, 2.05) is 0 Å². The average Bonchev–Trinajstić information content (AvgIpc) is 2.45. The van der Waals surface area contributed by atoms with Gasteiger partial charge in [0.1, 0.15) is 5.78 Å². The van der Waals surface area contributed by atoms with E-state index in [1.165, 1.54) is 30.4 Å². The number of benzene rings is 1. The number of hydrogen-bond donors (Lipinski definition) is 0. The zero-order valence-electron chi connectivity index (χ0n) is 14.1. The van der Waals surface area contributed by atoms with Gasteiger partial charge in [-0.3, -0.25) is 4.79 Å². The van der Waals surface area contributed by atoms with E-state index in [2.05, 4.69) is 58.0 Å². The fraction of sp³-hybridized carbons (Fsp3) is 0.571. The molecule has 1 heteroatoms. The topological polar surface area (TPSA) is 17.1 Å². The lowest BCUT2D eigenvalue weighted by atomic mass is 9.41. The zero-order valence-corrected chi connectivity index (χ0v) is 14.1. The molecule has 4 atom stereocenters. The van der Waals surface area contributed by atoms with Crippen molar-refractivity contribution < 1.29 is 4.79 Å². The van der Waals surface area contributed by atoms with E-state index in [0.717, 1.165) is 0 Å². The monoisotopic (exact) mass is 294 g/mol. The lowest BCUT2D eigenvalue weighted by molar-refractivity contribution is -0.145. The molecule has 22 heavy (non-hydrogen) atoms. The maximum absolute atomic E-state index is 12.7. The van der Waals surface area contributed by atoms with Crippen molar-refractivity contribution in [3.63, 3.8) is 0 Å². The van der Waals surface area contributed by atoms with Gasteiger partial charge in [0.2, 0.25) is 0 Å². The maximum Gasteiger partial charge on any atom is 0.144 e. The number of ketones is 1. The van der Waals surface area contributed by atoms with E-state index in [-0.39, 0.29) is 22.7 Å². The fourth-order valence-corrected chi connectivity index (χ4v) is 5.59. The maximum atomic E-state index is 12.7. The molecule has 1 aromatic rings. The van der Waals surface area contributed by atoms with Crippen molar-refractivity contribution in [2.24, 2.45) is 22.7 Å². The highest BCUT2D eigenvalue weighted by atomic mass is 16.1. The summed E-state index contributed by atoms with van der Waals surface area (Å²) in [6.07, 6.45) is 6.05. The third-order valence-electron chi connectivity index (χ3n) is 6.72. The quantitative estimate of drug-likeness (QED) is 0.662. The van der Waals surface area contributed by atoms with E-state index < -0.39 is 0 Å². The molecule has 0 saturated heterocycles. The molecule has 3 aliphatic rings. The molecule has 0 amide bonds. The Morgan fingerprint density at radius 1 is 1.05 bits per heavy atom. The number of allylic oxidation sites excluding steroid dienone is 2. The van der Waals surface area contributed by atoms with Crippen LogP contribution in [0.2, 0.25) is 0 Å². The van der Waals surface area contributed by atoms with Crippen LogP contribution in [-0.2, 0) is 4.79 Å². The first-order valence-electron chi connectivity index (χ1n) is 8.68. The molecule has 0 aromatic heterocycles. The molecule has 4 rings (SSSR count). The van der Waals surface area contributed by atoms with Gasteiger partial charge in [0.25, 0.3) is 0 Å². The summed E-state index contributed by atoms with van der Waals surface area (Å²) >= 11 is 0. The molecule has 3 aliphatic carbocycles. The molecular weight excluding hydrogens is 268 g/mol. The Morgan fingerprint density at radius 2 is 1.73 bits per heavy atom. The predicted molar refractivity (Wildman–Crippen MR) is 89.7 cm³/mol.